The minimum absolute atomic E-state index is 0.0538. The zero-order chi connectivity index (χ0) is 17.7. The Balaban J connectivity index is 1.38. The smallest absolute Gasteiger partial charge is 0.267 e. The molecule has 1 atom stereocenters. The molecular weight excluding hydrogens is 332 g/mol. The van der Waals surface area contributed by atoms with Crippen LogP contribution in [0.15, 0.2) is 36.5 Å². The van der Waals surface area contributed by atoms with Gasteiger partial charge in [-0.3, -0.25) is 4.79 Å². The minimum atomic E-state index is -0.616. The number of nitrogens with zero attached hydrogens (tertiary/aromatic N) is 4. The lowest BCUT2D eigenvalue weighted by Gasteiger charge is -2.33. The molecule has 0 spiro atoms. The van der Waals surface area contributed by atoms with Gasteiger partial charge >= 0.3 is 0 Å². The summed E-state index contributed by atoms with van der Waals surface area (Å²) in [6, 6.07) is 9.38. The highest BCUT2D eigenvalue weighted by molar-refractivity contribution is 5.82. The predicted octanol–water partition coefficient (Wildman–Crippen LogP) is 1.76. The maximum atomic E-state index is 12.9. The largest absolute Gasteiger partial charge is 0.485 e. The van der Waals surface area contributed by atoms with Gasteiger partial charge in [0.05, 0.1) is 11.4 Å². The highest BCUT2D eigenvalue weighted by atomic mass is 16.6. The van der Waals surface area contributed by atoms with Crippen molar-refractivity contribution in [1.82, 2.24) is 19.5 Å². The second-order valence-corrected chi connectivity index (χ2v) is 6.66. The van der Waals surface area contributed by atoms with Gasteiger partial charge in [-0.15, -0.1) is 0 Å². The van der Waals surface area contributed by atoms with Gasteiger partial charge in [-0.1, -0.05) is 12.1 Å². The number of fused-ring (bicyclic) bond motifs is 4. The van der Waals surface area contributed by atoms with Crippen LogP contribution in [0, 0.1) is 6.92 Å². The number of rotatable bonds is 1. The molecule has 132 valence electrons. The van der Waals surface area contributed by atoms with Gasteiger partial charge in [-0.25, -0.2) is 9.50 Å². The first-order valence-electron chi connectivity index (χ1n) is 8.69. The summed E-state index contributed by atoms with van der Waals surface area (Å²) in [5.74, 6) is 1.24. The fourth-order valence-electron chi connectivity index (χ4n) is 3.59. The summed E-state index contributed by atoms with van der Waals surface area (Å²) < 4.78 is 13.4. The Bertz CT molecular complexity index is 1010. The molecule has 7 nitrogen and oxygen atoms in total. The molecular formula is C19H18N4O3. The maximum absolute atomic E-state index is 12.9. The van der Waals surface area contributed by atoms with Crippen LogP contribution in [-0.2, 0) is 17.8 Å². The Morgan fingerprint density at radius 1 is 1.27 bits per heavy atom. The van der Waals surface area contributed by atoms with Gasteiger partial charge < -0.3 is 14.4 Å². The Hall–Kier alpha value is -3.09. The molecule has 2 aromatic heterocycles. The Morgan fingerprint density at radius 3 is 3.00 bits per heavy atom. The molecule has 4 heterocycles. The second kappa shape index (κ2) is 5.72. The summed E-state index contributed by atoms with van der Waals surface area (Å²) in [6.45, 7) is 3.33. The molecule has 0 N–H and O–H groups in total. The number of hydrogen-bond acceptors (Lipinski definition) is 5. The van der Waals surface area contributed by atoms with E-state index in [0.29, 0.717) is 24.6 Å². The summed E-state index contributed by atoms with van der Waals surface area (Å²) in [6.07, 6.45) is 1.97. The molecule has 1 amide bonds. The fraction of sp³-hybridized carbons (Fsp3) is 0.316. The van der Waals surface area contributed by atoms with E-state index in [-0.39, 0.29) is 12.5 Å². The Labute approximate surface area is 150 Å². The zero-order valence-corrected chi connectivity index (χ0v) is 14.4. The number of para-hydroxylation sites is 2. The lowest BCUT2D eigenvalue weighted by Crippen LogP contribution is -2.48. The maximum Gasteiger partial charge on any atom is 0.267 e. The van der Waals surface area contributed by atoms with Gasteiger partial charge in [0.15, 0.2) is 17.1 Å². The zero-order valence-electron chi connectivity index (χ0n) is 14.4. The molecule has 26 heavy (non-hydrogen) atoms. The number of benzene rings is 1. The van der Waals surface area contributed by atoms with Crippen LogP contribution < -0.4 is 9.47 Å². The van der Waals surface area contributed by atoms with E-state index in [1.165, 1.54) is 0 Å². The van der Waals surface area contributed by atoms with Crippen LogP contribution in [0.1, 0.15) is 17.0 Å². The minimum Gasteiger partial charge on any atom is -0.485 e. The van der Waals surface area contributed by atoms with E-state index in [1.54, 1.807) is 0 Å². The van der Waals surface area contributed by atoms with Crippen LogP contribution in [0.4, 0.5) is 0 Å². The van der Waals surface area contributed by atoms with Crippen LogP contribution in [0.25, 0.3) is 5.65 Å². The molecule has 0 bridgehead atoms. The molecule has 5 rings (SSSR count). The van der Waals surface area contributed by atoms with Crippen molar-refractivity contribution in [2.45, 2.75) is 26.0 Å². The molecule has 0 fully saturated rings. The van der Waals surface area contributed by atoms with Crippen LogP contribution in [-0.4, -0.2) is 44.7 Å². The van der Waals surface area contributed by atoms with Crippen molar-refractivity contribution in [1.29, 1.82) is 0 Å². The van der Waals surface area contributed by atoms with Gasteiger partial charge in [-0.2, -0.15) is 5.10 Å². The van der Waals surface area contributed by atoms with Crippen LogP contribution in [0.5, 0.6) is 11.5 Å². The normalized spacial score (nSPS) is 18.7. The van der Waals surface area contributed by atoms with Crippen molar-refractivity contribution in [3.8, 4) is 11.5 Å². The fourth-order valence-corrected chi connectivity index (χ4v) is 3.59. The summed E-state index contributed by atoms with van der Waals surface area (Å²) in [5.41, 5.74) is 3.94. The first-order valence-corrected chi connectivity index (χ1v) is 8.69. The van der Waals surface area contributed by atoms with Crippen molar-refractivity contribution < 1.29 is 14.3 Å². The Kier molecular flexibility index (Phi) is 3.34. The average molecular weight is 350 g/mol. The highest BCUT2D eigenvalue weighted by Gasteiger charge is 2.33. The van der Waals surface area contributed by atoms with E-state index >= 15 is 0 Å². The van der Waals surface area contributed by atoms with Crippen molar-refractivity contribution in [2.24, 2.45) is 0 Å². The monoisotopic (exact) mass is 350 g/mol. The number of carbonyl (C=O) groups excluding carboxylic acids is 1. The van der Waals surface area contributed by atoms with E-state index in [1.807, 2.05) is 52.9 Å². The first kappa shape index (κ1) is 15.2. The molecule has 0 saturated carbocycles. The van der Waals surface area contributed by atoms with E-state index in [4.69, 9.17) is 9.47 Å². The molecule has 1 aromatic carbocycles. The molecule has 1 unspecified atom stereocenters. The summed E-state index contributed by atoms with van der Waals surface area (Å²) in [4.78, 5) is 19.2. The van der Waals surface area contributed by atoms with Crippen molar-refractivity contribution in [3.63, 3.8) is 0 Å². The van der Waals surface area contributed by atoms with Gasteiger partial charge in [0.25, 0.3) is 5.91 Å². The quantitative estimate of drug-likeness (QED) is 0.669. The summed E-state index contributed by atoms with van der Waals surface area (Å²) in [5, 5.41) is 4.52. The number of carbonyl (C=O) groups is 1. The van der Waals surface area contributed by atoms with Crippen LogP contribution in [0.2, 0.25) is 0 Å². The van der Waals surface area contributed by atoms with Crippen molar-refractivity contribution in [3.05, 3.63) is 53.5 Å². The Morgan fingerprint density at radius 2 is 2.12 bits per heavy atom. The molecule has 0 radical (unpaired) electrons. The van der Waals surface area contributed by atoms with Gasteiger partial charge in [-0.05, 0) is 19.1 Å². The number of aryl methyl sites for hydroxylation is 1. The molecule has 7 heteroatoms. The number of amides is 1. The predicted molar refractivity (Wildman–Crippen MR) is 93.2 cm³/mol. The summed E-state index contributed by atoms with van der Waals surface area (Å²) >= 11 is 0. The van der Waals surface area contributed by atoms with Crippen molar-refractivity contribution >= 4 is 11.6 Å². The van der Waals surface area contributed by atoms with E-state index in [0.717, 1.165) is 29.0 Å². The standard InChI is InChI=1S/C19H18N4O3/c1-12-8-18-20-9-13-10-22(7-6-14(13)23(18)21-12)19(24)17-11-25-15-4-2-3-5-16(15)26-17/h2-5,8-9,17H,6-7,10-11H2,1H3. The van der Waals surface area contributed by atoms with E-state index in [9.17, 15) is 4.79 Å². The first-order chi connectivity index (χ1) is 12.7. The van der Waals surface area contributed by atoms with Gasteiger partial charge in [0.2, 0.25) is 6.10 Å². The average Bonchev–Trinajstić information content (AvgIpc) is 3.07. The SMILES string of the molecule is Cc1cc2ncc3c(n2n1)CCN(C(=O)C1COc2ccccc2O1)C3. The third-order valence-corrected chi connectivity index (χ3v) is 4.87. The lowest BCUT2D eigenvalue weighted by molar-refractivity contribution is -0.142. The topological polar surface area (TPSA) is 69.0 Å². The molecule has 3 aromatic rings. The molecule has 2 aliphatic heterocycles. The molecule has 0 saturated heterocycles. The van der Waals surface area contributed by atoms with Crippen LogP contribution >= 0.6 is 0 Å². The number of aromatic nitrogens is 3. The van der Waals surface area contributed by atoms with E-state index in [2.05, 4.69) is 10.1 Å². The molecule has 2 aliphatic rings. The molecule has 0 aliphatic carbocycles. The van der Waals surface area contributed by atoms with Gasteiger partial charge in [0, 0.05) is 37.3 Å². The lowest BCUT2D eigenvalue weighted by atomic mass is 10.1. The second-order valence-electron chi connectivity index (χ2n) is 6.66. The highest BCUT2D eigenvalue weighted by Crippen LogP contribution is 2.31. The van der Waals surface area contributed by atoms with Crippen LogP contribution in [0.3, 0.4) is 0 Å². The third kappa shape index (κ3) is 2.39. The van der Waals surface area contributed by atoms with E-state index < -0.39 is 6.10 Å². The van der Waals surface area contributed by atoms with Crippen molar-refractivity contribution in [2.75, 3.05) is 13.2 Å². The summed E-state index contributed by atoms with van der Waals surface area (Å²) in [7, 11) is 0. The van der Waals surface area contributed by atoms with Gasteiger partial charge in [0.1, 0.15) is 6.61 Å². The number of hydrogen-bond donors (Lipinski definition) is 0. The number of ether oxygens (including phenoxy) is 2. The third-order valence-electron chi connectivity index (χ3n) is 4.87.